The second-order valence-electron chi connectivity index (χ2n) is 4.47. The highest BCUT2D eigenvalue weighted by molar-refractivity contribution is 5.18. The minimum atomic E-state index is 0.310. The molecule has 0 saturated carbocycles. The Morgan fingerprint density at radius 3 is 1.92 bits per heavy atom. The fourth-order valence-corrected chi connectivity index (χ4v) is 0.635. The van der Waals surface area contributed by atoms with Gasteiger partial charge in [-0.15, -0.1) is 0 Å². The minimum Gasteiger partial charge on any atom is -0.0736 e. The van der Waals surface area contributed by atoms with Crippen LogP contribution in [0.5, 0.6) is 0 Å². The zero-order chi connectivity index (χ0) is 9.78. The average Bonchev–Trinajstić information content (AvgIpc) is 1.97. The number of allylic oxidation sites excluding steroid dienone is 4. The van der Waals surface area contributed by atoms with Crippen molar-refractivity contribution in [2.45, 2.75) is 48.0 Å². The molecule has 0 heteroatoms. The van der Waals surface area contributed by atoms with Crippen LogP contribution in [-0.2, 0) is 0 Å². The Balaban J connectivity index is 4.39. The van der Waals surface area contributed by atoms with E-state index in [1.165, 1.54) is 11.1 Å². The molecule has 0 nitrogen and oxygen atoms in total. The molecule has 70 valence electrons. The van der Waals surface area contributed by atoms with Gasteiger partial charge in [0.25, 0.3) is 0 Å². The third-order valence-electron chi connectivity index (χ3n) is 2.36. The maximum atomic E-state index is 2.24. The molecule has 0 radical (unpaired) electrons. The molecular formula is C12H22. The number of hydrogen-bond donors (Lipinski definition) is 0. The molecule has 0 atom stereocenters. The first kappa shape index (κ1) is 11.5. The lowest BCUT2D eigenvalue weighted by Crippen LogP contribution is -2.05. The van der Waals surface area contributed by atoms with Crippen LogP contribution in [0.25, 0.3) is 0 Å². The largest absolute Gasteiger partial charge is 0.0736 e. The van der Waals surface area contributed by atoms with Gasteiger partial charge in [-0.25, -0.2) is 0 Å². The molecule has 0 N–H and O–H groups in total. The van der Waals surface area contributed by atoms with E-state index in [-0.39, 0.29) is 0 Å². The number of hydrogen-bond acceptors (Lipinski definition) is 0. The molecule has 0 amide bonds. The lowest BCUT2D eigenvalue weighted by Gasteiger charge is -2.18. The van der Waals surface area contributed by atoms with Gasteiger partial charge < -0.3 is 0 Å². The maximum absolute atomic E-state index is 2.24. The monoisotopic (exact) mass is 166 g/mol. The van der Waals surface area contributed by atoms with E-state index in [2.05, 4.69) is 53.7 Å². The predicted molar refractivity (Wildman–Crippen MR) is 57.3 cm³/mol. The SMILES string of the molecule is CCC(C)=CC=C(C)C(C)(C)C. The lowest BCUT2D eigenvalue weighted by molar-refractivity contribution is 0.504. The van der Waals surface area contributed by atoms with Gasteiger partial charge in [-0.05, 0) is 25.7 Å². The average molecular weight is 166 g/mol. The molecule has 0 aliphatic carbocycles. The van der Waals surface area contributed by atoms with E-state index in [4.69, 9.17) is 0 Å². The highest BCUT2D eigenvalue weighted by atomic mass is 14.2. The molecule has 0 aromatic carbocycles. The van der Waals surface area contributed by atoms with Crippen LogP contribution in [0.3, 0.4) is 0 Å². The first-order valence-electron chi connectivity index (χ1n) is 4.72. The quantitative estimate of drug-likeness (QED) is 0.535. The van der Waals surface area contributed by atoms with Gasteiger partial charge in [0.1, 0.15) is 0 Å². The molecule has 0 aliphatic heterocycles. The summed E-state index contributed by atoms with van der Waals surface area (Å²) in [5.41, 5.74) is 3.19. The van der Waals surface area contributed by atoms with E-state index in [0.29, 0.717) is 5.41 Å². The van der Waals surface area contributed by atoms with Crippen LogP contribution in [0.4, 0.5) is 0 Å². The molecule has 0 aromatic rings. The van der Waals surface area contributed by atoms with Gasteiger partial charge in [0.05, 0.1) is 0 Å². The summed E-state index contributed by atoms with van der Waals surface area (Å²) in [4.78, 5) is 0. The van der Waals surface area contributed by atoms with Crippen molar-refractivity contribution in [2.24, 2.45) is 5.41 Å². The molecule has 0 aromatic heterocycles. The zero-order valence-corrected chi connectivity index (χ0v) is 9.36. The topological polar surface area (TPSA) is 0 Å². The van der Waals surface area contributed by atoms with Crippen LogP contribution in [0.15, 0.2) is 23.3 Å². The summed E-state index contributed by atoms with van der Waals surface area (Å²) in [6, 6.07) is 0. The summed E-state index contributed by atoms with van der Waals surface area (Å²) in [7, 11) is 0. The van der Waals surface area contributed by atoms with Crippen molar-refractivity contribution < 1.29 is 0 Å². The van der Waals surface area contributed by atoms with Gasteiger partial charge in [-0.1, -0.05) is 51.0 Å². The fraction of sp³-hybridized carbons (Fsp3) is 0.667. The van der Waals surface area contributed by atoms with Crippen LogP contribution in [0.1, 0.15) is 48.0 Å². The maximum Gasteiger partial charge on any atom is -0.0173 e. The molecule has 0 unspecified atom stereocenters. The van der Waals surface area contributed by atoms with Crippen molar-refractivity contribution in [2.75, 3.05) is 0 Å². The van der Waals surface area contributed by atoms with Crippen LogP contribution in [0, 0.1) is 5.41 Å². The first-order valence-corrected chi connectivity index (χ1v) is 4.72. The summed E-state index contributed by atoms with van der Waals surface area (Å²) in [6.45, 7) is 13.3. The molecule has 0 spiro atoms. The Hall–Kier alpha value is -0.520. The highest BCUT2D eigenvalue weighted by Crippen LogP contribution is 2.24. The molecule has 0 heterocycles. The number of rotatable bonds is 2. The van der Waals surface area contributed by atoms with Crippen LogP contribution < -0.4 is 0 Å². The van der Waals surface area contributed by atoms with Gasteiger partial charge in [-0.3, -0.25) is 0 Å². The summed E-state index contributed by atoms with van der Waals surface area (Å²) < 4.78 is 0. The van der Waals surface area contributed by atoms with Crippen molar-refractivity contribution in [3.05, 3.63) is 23.3 Å². The van der Waals surface area contributed by atoms with Gasteiger partial charge in [0, 0.05) is 0 Å². The highest BCUT2D eigenvalue weighted by Gasteiger charge is 2.10. The summed E-state index contributed by atoms with van der Waals surface area (Å²) >= 11 is 0. The van der Waals surface area contributed by atoms with Gasteiger partial charge in [0.2, 0.25) is 0 Å². The zero-order valence-electron chi connectivity index (χ0n) is 9.36. The standard InChI is InChI=1S/C12H22/c1-7-10(2)8-9-11(3)12(4,5)6/h8-9H,7H2,1-6H3. The molecule has 12 heavy (non-hydrogen) atoms. The Kier molecular flexibility index (Phi) is 4.30. The van der Waals surface area contributed by atoms with Crippen LogP contribution >= 0.6 is 0 Å². The Morgan fingerprint density at radius 2 is 1.58 bits per heavy atom. The molecule has 0 fully saturated rings. The van der Waals surface area contributed by atoms with Crippen molar-refractivity contribution in [1.82, 2.24) is 0 Å². The van der Waals surface area contributed by atoms with Crippen molar-refractivity contribution in [1.29, 1.82) is 0 Å². The van der Waals surface area contributed by atoms with E-state index in [9.17, 15) is 0 Å². The van der Waals surface area contributed by atoms with Crippen molar-refractivity contribution in [3.8, 4) is 0 Å². The molecule has 0 bridgehead atoms. The summed E-state index contributed by atoms with van der Waals surface area (Å²) in [5.74, 6) is 0. The van der Waals surface area contributed by atoms with E-state index >= 15 is 0 Å². The molecule has 0 rings (SSSR count). The smallest absolute Gasteiger partial charge is 0.0173 e. The normalized spacial score (nSPS) is 15.2. The Labute approximate surface area is 77.4 Å². The Bertz CT molecular complexity index is 187. The minimum absolute atomic E-state index is 0.310. The van der Waals surface area contributed by atoms with Crippen molar-refractivity contribution in [3.63, 3.8) is 0 Å². The third-order valence-corrected chi connectivity index (χ3v) is 2.36. The van der Waals surface area contributed by atoms with E-state index in [1.807, 2.05) is 0 Å². The van der Waals surface area contributed by atoms with E-state index in [0.717, 1.165) is 6.42 Å². The second-order valence-corrected chi connectivity index (χ2v) is 4.47. The van der Waals surface area contributed by atoms with E-state index < -0.39 is 0 Å². The lowest BCUT2D eigenvalue weighted by atomic mass is 9.87. The second kappa shape index (κ2) is 4.49. The molecular weight excluding hydrogens is 144 g/mol. The van der Waals surface area contributed by atoms with Gasteiger partial charge in [-0.2, -0.15) is 0 Å². The van der Waals surface area contributed by atoms with Crippen LogP contribution in [0.2, 0.25) is 0 Å². The first-order chi connectivity index (χ1) is 5.38. The third kappa shape index (κ3) is 4.38. The van der Waals surface area contributed by atoms with Gasteiger partial charge >= 0.3 is 0 Å². The molecule has 0 aliphatic rings. The predicted octanol–water partition coefficient (Wildman–Crippen LogP) is 4.34. The molecule has 0 saturated heterocycles. The summed E-state index contributed by atoms with van der Waals surface area (Å²) in [6.07, 6.45) is 5.60. The van der Waals surface area contributed by atoms with Gasteiger partial charge in [0.15, 0.2) is 0 Å². The van der Waals surface area contributed by atoms with Crippen LogP contribution in [-0.4, -0.2) is 0 Å². The van der Waals surface area contributed by atoms with Crippen molar-refractivity contribution >= 4 is 0 Å². The fourth-order valence-electron chi connectivity index (χ4n) is 0.635. The van der Waals surface area contributed by atoms with E-state index in [1.54, 1.807) is 0 Å². The Morgan fingerprint density at radius 1 is 1.08 bits per heavy atom. The summed E-state index contributed by atoms with van der Waals surface area (Å²) in [5, 5.41) is 0.